The molecule has 3 heterocycles. The lowest BCUT2D eigenvalue weighted by molar-refractivity contribution is 0.877. The molecular formula is C25H23N5S. The number of thiazole rings is 1. The van der Waals surface area contributed by atoms with Gasteiger partial charge in [0.25, 0.3) is 0 Å². The molecule has 5 aromatic rings. The van der Waals surface area contributed by atoms with Gasteiger partial charge in [0.2, 0.25) is 0 Å². The van der Waals surface area contributed by atoms with E-state index in [-0.39, 0.29) is 0 Å². The number of nitrogens with zero attached hydrogens (tertiary/aromatic N) is 4. The summed E-state index contributed by atoms with van der Waals surface area (Å²) in [7, 11) is 0. The maximum Gasteiger partial charge on any atom is 0.165 e. The van der Waals surface area contributed by atoms with Crippen LogP contribution in [0.3, 0.4) is 0 Å². The smallest absolute Gasteiger partial charge is 0.165 e. The van der Waals surface area contributed by atoms with E-state index in [1.807, 2.05) is 48.0 Å². The van der Waals surface area contributed by atoms with E-state index in [0.29, 0.717) is 6.54 Å². The zero-order valence-corrected chi connectivity index (χ0v) is 18.4. The summed E-state index contributed by atoms with van der Waals surface area (Å²) in [6, 6.07) is 22.7. The Bertz CT molecular complexity index is 1320. The van der Waals surface area contributed by atoms with Crippen LogP contribution in [0.1, 0.15) is 27.5 Å². The highest BCUT2D eigenvalue weighted by Gasteiger charge is 2.14. The van der Waals surface area contributed by atoms with Gasteiger partial charge >= 0.3 is 0 Å². The third-order valence-corrected chi connectivity index (χ3v) is 6.16. The monoisotopic (exact) mass is 425 g/mol. The Morgan fingerprint density at radius 3 is 2.45 bits per heavy atom. The Hall–Kier alpha value is -3.51. The summed E-state index contributed by atoms with van der Waals surface area (Å²) in [4.78, 5) is 9.67. The van der Waals surface area contributed by atoms with Crippen LogP contribution in [0.25, 0.3) is 16.7 Å². The first-order valence-corrected chi connectivity index (χ1v) is 11.2. The second-order valence-electron chi connectivity index (χ2n) is 7.60. The molecule has 0 radical (unpaired) electrons. The fraction of sp³-hybridized carbons (Fsp3) is 0.160. The topological polar surface area (TPSA) is 55.6 Å². The van der Waals surface area contributed by atoms with Crippen molar-refractivity contribution in [1.82, 2.24) is 19.7 Å². The van der Waals surface area contributed by atoms with Gasteiger partial charge in [-0.3, -0.25) is 0 Å². The van der Waals surface area contributed by atoms with E-state index in [1.54, 1.807) is 11.3 Å². The van der Waals surface area contributed by atoms with E-state index in [2.05, 4.69) is 48.0 Å². The van der Waals surface area contributed by atoms with Gasteiger partial charge in [0.05, 0.1) is 28.6 Å². The molecule has 0 saturated carbocycles. The summed E-state index contributed by atoms with van der Waals surface area (Å²) in [5.74, 6) is 0.833. The highest BCUT2D eigenvalue weighted by molar-refractivity contribution is 7.09. The molecule has 5 nitrogen and oxygen atoms in total. The van der Waals surface area contributed by atoms with Gasteiger partial charge in [0, 0.05) is 17.2 Å². The zero-order valence-electron chi connectivity index (χ0n) is 17.5. The third-order valence-electron chi connectivity index (χ3n) is 5.26. The van der Waals surface area contributed by atoms with Gasteiger partial charge in [0.1, 0.15) is 5.82 Å². The van der Waals surface area contributed by atoms with Crippen LogP contribution in [0.15, 0.2) is 72.1 Å². The quantitative estimate of drug-likeness (QED) is 0.379. The summed E-state index contributed by atoms with van der Waals surface area (Å²) in [5, 5.41) is 12.5. The fourth-order valence-corrected chi connectivity index (χ4v) is 4.63. The Labute approximate surface area is 185 Å². The number of nitrogens with one attached hydrogen (secondary N) is 1. The van der Waals surface area contributed by atoms with Crippen molar-refractivity contribution in [3.8, 4) is 5.69 Å². The number of pyridine rings is 1. The fourth-order valence-electron chi connectivity index (χ4n) is 3.81. The number of hydrogen-bond acceptors (Lipinski definition) is 5. The zero-order chi connectivity index (χ0) is 21.2. The maximum absolute atomic E-state index is 4.89. The van der Waals surface area contributed by atoms with Crippen molar-refractivity contribution >= 4 is 28.2 Å². The molecule has 0 spiro atoms. The number of hydrogen-bond donors (Lipinski definition) is 1. The second-order valence-corrected chi connectivity index (χ2v) is 8.55. The molecule has 3 aromatic heterocycles. The molecule has 0 aliphatic heterocycles. The standard InChI is InChI=1S/C25H23N5S/c1-17-13-22(26-15-20-16-31-23(27-20)14-19-9-5-3-6-10-19)28-25-24(17)18(2)29-30(25)21-11-7-4-8-12-21/h3-13,16H,14-15H2,1-2H3,(H,26,28). The lowest BCUT2D eigenvalue weighted by atomic mass is 10.1. The van der Waals surface area contributed by atoms with Crippen molar-refractivity contribution in [2.45, 2.75) is 26.8 Å². The number of aryl methyl sites for hydroxylation is 2. The van der Waals surface area contributed by atoms with Crippen molar-refractivity contribution in [1.29, 1.82) is 0 Å². The molecule has 6 heteroatoms. The van der Waals surface area contributed by atoms with Crippen molar-refractivity contribution in [3.63, 3.8) is 0 Å². The maximum atomic E-state index is 4.89. The van der Waals surface area contributed by atoms with Crippen LogP contribution in [0, 0.1) is 13.8 Å². The number of rotatable bonds is 6. The number of aromatic nitrogens is 4. The predicted octanol–water partition coefficient (Wildman–Crippen LogP) is 5.70. The summed E-state index contributed by atoms with van der Waals surface area (Å²) >= 11 is 1.70. The predicted molar refractivity (Wildman–Crippen MR) is 127 cm³/mol. The average molecular weight is 426 g/mol. The molecule has 0 fully saturated rings. The Balaban J connectivity index is 1.38. The number of anilines is 1. The van der Waals surface area contributed by atoms with E-state index in [4.69, 9.17) is 15.1 Å². The second kappa shape index (κ2) is 8.32. The first-order chi connectivity index (χ1) is 15.2. The number of para-hydroxylation sites is 1. The lowest BCUT2D eigenvalue weighted by Gasteiger charge is -2.08. The van der Waals surface area contributed by atoms with Crippen LogP contribution in [-0.4, -0.2) is 19.7 Å². The third kappa shape index (κ3) is 4.07. The SMILES string of the molecule is Cc1cc(NCc2csc(Cc3ccccc3)n2)nc2c1c(C)nn2-c1ccccc1. The van der Waals surface area contributed by atoms with Crippen LogP contribution >= 0.6 is 11.3 Å². The van der Waals surface area contributed by atoms with E-state index >= 15 is 0 Å². The van der Waals surface area contributed by atoms with Crippen molar-refractivity contribution in [3.05, 3.63) is 99.6 Å². The van der Waals surface area contributed by atoms with E-state index in [0.717, 1.165) is 50.9 Å². The van der Waals surface area contributed by atoms with Crippen molar-refractivity contribution in [2.75, 3.05) is 5.32 Å². The first kappa shape index (κ1) is 19.5. The van der Waals surface area contributed by atoms with E-state index < -0.39 is 0 Å². The number of benzene rings is 2. The molecule has 0 saturated heterocycles. The Kier molecular flexibility index (Phi) is 5.22. The minimum absolute atomic E-state index is 0.641. The minimum atomic E-state index is 0.641. The molecule has 0 aliphatic carbocycles. The molecule has 154 valence electrons. The van der Waals surface area contributed by atoms with Crippen LogP contribution in [0.5, 0.6) is 0 Å². The van der Waals surface area contributed by atoms with Crippen LogP contribution in [-0.2, 0) is 13.0 Å². The van der Waals surface area contributed by atoms with Crippen molar-refractivity contribution < 1.29 is 0 Å². The van der Waals surface area contributed by atoms with Crippen molar-refractivity contribution in [2.24, 2.45) is 0 Å². The molecule has 0 bridgehead atoms. The summed E-state index contributed by atoms with van der Waals surface area (Å²) in [5.41, 5.74) is 6.34. The Morgan fingerprint density at radius 2 is 1.68 bits per heavy atom. The minimum Gasteiger partial charge on any atom is -0.364 e. The van der Waals surface area contributed by atoms with Crippen LogP contribution in [0.2, 0.25) is 0 Å². The molecule has 1 N–H and O–H groups in total. The summed E-state index contributed by atoms with van der Waals surface area (Å²) in [6.45, 7) is 4.79. The molecular weight excluding hydrogens is 402 g/mol. The van der Waals surface area contributed by atoms with E-state index in [9.17, 15) is 0 Å². The highest BCUT2D eigenvalue weighted by Crippen LogP contribution is 2.26. The van der Waals surface area contributed by atoms with Crippen LogP contribution in [0.4, 0.5) is 5.82 Å². The Morgan fingerprint density at radius 1 is 0.935 bits per heavy atom. The molecule has 5 rings (SSSR count). The summed E-state index contributed by atoms with van der Waals surface area (Å²) in [6.07, 6.45) is 0.865. The molecule has 0 atom stereocenters. The lowest BCUT2D eigenvalue weighted by Crippen LogP contribution is -2.04. The van der Waals surface area contributed by atoms with Gasteiger partial charge < -0.3 is 5.32 Å². The average Bonchev–Trinajstić information content (AvgIpc) is 3.38. The van der Waals surface area contributed by atoms with Gasteiger partial charge in [-0.2, -0.15) is 5.10 Å². The van der Waals surface area contributed by atoms with Gasteiger partial charge in [-0.15, -0.1) is 11.3 Å². The normalized spacial score (nSPS) is 11.2. The van der Waals surface area contributed by atoms with Gasteiger partial charge in [-0.05, 0) is 43.2 Å². The van der Waals surface area contributed by atoms with Crippen LogP contribution < -0.4 is 5.32 Å². The largest absolute Gasteiger partial charge is 0.364 e. The highest BCUT2D eigenvalue weighted by atomic mass is 32.1. The molecule has 0 amide bonds. The van der Waals surface area contributed by atoms with Gasteiger partial charge in [-0.1, -0.05) is 48.5 Å². The molecule has 0 unspecified atom stereocenters. The van der Waals surface area contributed by atoms with Gasteiger partial charge in [-0.25, -0.2) is 14.6 Å². The molecule has 0 aliphatic rings. The summed E-state index contributed by atoms with van der Waals surface area (Å²) < 4.78 is 1.92. The van der Waals surface area contributed by atoms with E-state index in [1.165, 1.54) is 5.56 Å². The van der Waals surface area contributed by atoms with Gasteiger partial charge in [0.15, 0.2) is 5.65 Å². The number of fused-ring (bicyclic) bond motifs is 1. The molecule has 31 heavy (non-hydrogen) atoms. The molecule has 2 aromatic carbocycles. The first-order valence-electron chi connectivity index (χ1n) is 10.3.